The zero-order valence-corrected chi connectivity index (χ0v) is 23.3. The normalized spacial score (nSPS) is 14.0. The van der Waals surface area contributed by atoms with E-state index in [4.69, 9.17) is 4.74 Å². The first-order valence-electron chi connectivity index (χ1n) is 12.0. The fraction of sp³-hybridized carbons (Fsp3) is 0.172. The van der Waals surface area contributed by atoms with E-state index in [9.17, 15) is 19.2 Å². The van der Waals surface area contributed by atoms with Gasteiger partial charge in [-0.25, -0.2) is 0 Å². The van der Waals surface area contributed by atoms with Crippen LogP contribution in [0.5, 0.6) is 5.75 Å². The number of thioether (sulfide) groups is 2. The maximum absolute atomic E-state index is 12.8. The Kier molecular flexibility index (Phi) is 9.11. The second-order valence-corrected chi connectivity index (χ2v) is 10.6. The lowest BCUT2D eigenvalue weighted by Crippen LogP contribution is -2.36. The van der Waals surface area contributed by atoms with Gasteiger partial charge in [-0.1, -0.05) is 24.3 Å². The van der Waals surface area contributed by atoms with Crippen molar-refractivity contribution < 1.29 is 23.9 Å². The van der Waals surface area contributed by atoms with Crippen molar-refractivity contribution in [3.8, 4) is 5.75 Å². The van der Waals surface area contributed by atoms with Crippen LogP contribution in [0.3, 0.4) is 0 Å². The molecule has 4 rings (SSSR count). The predicted octanol–water partition coefficient (Wildman–Crippen LogP) is 5.72. The Morgan fingerprint density at radius 1 is 0.923 bits per heavy atom. The van der Waals surface area contributed by atoms with Gasteiger partial charge in [-0.15, -0.1) is 11.8 Å². The van der Waals surface area contributed by atoms with Crippen LogP contribution in [0, 0.1) is 13.8 Å². The molecule has 0 saturated carbocycles. The average molecular weight is 562 g/mol. The van der Waals surface area contributed by atoms with Crippen molar-refractivity contribution in [1.82, 2.24) is 4.90 Å². The van der Waals surface area contributed by atoms with Crippen LogP contribution in [-0.2, 0) is 14.4 Å². The van der Waals surface area contributed by atoms with Gasteiger partial charge in [0.1, 0.15) is 12.3 Å². The largest absolute Gasteiger partial charge is 0.484 e. The van der Waals surface area contributed by atoms with Gasteiger partial charge in [0.15, 0.2) is 6.61 Å². The fourth-order valence-corrected chi connectivity index (χ4v) is 4.96. The van der Waals surface area contributed by atoms with Gasteiger partial charge < -0.3 is 15.4 Å². The second kappa shape index (κ2) is 12.7. The van der Waals surface area contributed by atoms with E-state index >= 15 is 0 Å². The summed E-state index contributed by atoms with van der Waals surface area (Å²) >= 11 is 2.33. The fourth-order valence-electron chi connectivity index (χ4n) is 3.66. The van der Waals surface area contributed by atoms with Crippen LogP contribution in [0.2, 0.25) is 0 Å². The predicted molar refractivity (Wildman–Crippen MR) is 156 cm³/mol. The highest BCUT2D eigenvalue weighted by molar-refractivity contribution is 8.18. The van der Waals surface area contributed by atoms with E-state index in [1.165, 1.54) is 0 Å². The van der Waals surface area contributed by atoms with Gasteiger partial charge >= 0.3 is 0 Å². The van der Waals surface area contributed by atoms with E-state index in [1.807, 2.05) is 56.5 Å². The van der Waals surface area contributed by atoms with E-state index in [0.717, 1.165) is 32.7 Å². The van der Waals surface area contributed by atoms with Crippen molar-refractivity contribution in [3.63, 3.8) is 0 Å². The number of imide groups is 1. The van der Waals surface area contributed by atoms with E-state index in [-0.39, 0.29) is 24.0 Å². The summed E-state index contributed by atoms with van der Waals surface area (Å²) in [4.78, 5) is 52.1. The molecule has 200 valence electrons. The van der Waals surface area contributed by atoms with E-state index in [0.29, 0.717) is 22.7 Å². The molecule has 1 fully saturated rings. The molecule has 0 aromatic heterocycles. The number of rotatable bonds is 9. The molecule has 0 atom stereocenters. The van der Waals surface area contributed by atoms with Gasteiger partial charge in [0, 0.05) is 16.3 Å². The number of hydrogen-bond donors (Lipinski definition) is 2. The molecule has 0 radical (unpaired) electrons. The molecule has 8 nitrogen and oxygen atoms in total. The smallest absolute Gasteiger partial charge is 0.294 e. The molecule has 2 N–H and O–H groups in total. The Morgan fingerprint density at radius 3 is 2.36 bits per heavy atom. The molecule has 0 bridgehead atoms. The van der Waals surface area contributed by atoms with Crippen molar-refractivity contribution in [1.29, 1.82) is 0 Å². The molecular weight excluding hydrogens is 534 g/mol. The Morgan fingerprint density at radius 2 is 1.64 bits per heavy atom. The third kappa shape index (κ3) is 7.52. The lowest BCUT2D eigenvalue weighted by Gasteiger charge is -2.12. The van der Waals surface area contributed by atoms with Crippen molar-refractivity contribution in [3.05, 3.63) is 88.3 Å². The minimum atomic E-state index is -0.527. The van der Waals surface area contributed by atoms with Crippen LogP contribution >= 0.6 is 23.5 Å². The number of amides is 4. The van der Waals surface area contributed by atoms with Crippen LogP contribution in [0.25, 0.3) is 6.08 Å². The van der Waals surface area contributed by atoms with Gasteiger partial charge in [-0.2, -0.15) is 0 Å². The molecule has 39 heavy (non-hydrogen) atoms. The maximum atomic E-state index is 12.8. The second-order valence-electron chi connectivity index (χ2n) is 8.75. The van der Waals surface area contributed by atoms with E-state index in [2.05, 4.69) is 10.6 Å². The summed E-state index contributed by atoms with van der Waals surface area (Å²) in [6.45, 7) is 3.45. The molecule has 1 heterocycles. The SMILES string of the molecule is CSc1cccc(NC(=O)CN2C(=O)S/C(=C\c3ccc(OCC(=O)Nc4ccc(C)c(C)c4)cc3)C2=O)c1. The zero-order chi connectivity index (χ0) is 27.9. The summed E-state index contributed by atoms with van der Waals surface area (Å²) < 4.78 is 5.57. The quantitative estimate of drug-likeness (QED) is 0.254. The molecular formula is C29H27N3O5S2. The molecule has 10 heteroatoms. The molecule has 1 saturated heterocycles. The topological polar surface area (TPSA) is 105 Å². The van der Waals surface area contributed by atoms with Gasteiger partial charge in [0.25, 0.3) is 17.1 Å². The molecule has 0 aliphatic carbocycles. The van der Waals surface area contributed by atoms with Crippen LogP contribution in [0.1, 0.15) is 16.7 Å². The van der Waals surface area contributed by atoms with Crippen molar-refractivity contribution in [2.24, 2.45) is 0 Å². The van der Waals surface area contributed by atoms with Gasteiger partial charge in [-0.3, -0.25) is 24.1 Å². The van der Waals surface area contributed by atoms with Gasteiger partial charge in [0.2, 0.25) is 5.91 Å². The lowest BCUT2D eigenvalue weighted by molar-refractivity contribution is -0.127. The number of nitrogens with one attached hydrogen (secondary N) is 2. The monoisotopic (exact) mass is 561 g/mol. The number of benzene rings is 3. The average Bonchev–Trinajstić information content (AvgIpc) is 3.17. The molecule has 0 unspecified atom stereocenters. The third-order valence-corrected chi connectivity index (χ3v) is 7.50. The minimum absolute atomic E-state index is 0.158. The summed E-state index contributed by atoms with van der Waals surface area (Å²) in [5.41, 5.74) is 4.21. The van der Waals surface area contributed by atoms with Gasteiger partial charge in [0.05, 0.1) is 4.91 Å². The maximum Gasteiger partial charge on any atom is 0.294 e. The zero-order valence-electron chi connectivity index (χ0n) is 21.6. The molecule has 0 spiro atoms. The van der Waals surface area contributed by atoms with E-state index < -0.39 is 17.1 Å². The van der Waals surface area contributed by atoms with Crippen LogP contribution in [-0.4, -0.2) is 47.3 Å². The van der Waals surface area contributed by atoms with Crippen LogP contribution in [0.4, 0.5) is 16.2 Å². The minimum Gasteiger partial charge on any atom is -0.484 e. The molecule has 4 amide bonds. The van der Waals surface area contributed by atoms with Gasteiger partial charge in [-0.05, 0) is 97.1 Å². The third-order valence-electron chi connectivity index (χ3n) is 5.87. The number of carbonyl (C=O) groups is 4. The molecule has 1 aliphatic heterocycles. The summed E-state index contributed by atoms with van der Waals surface area (Å²) in [6.07, 6.45) is 3.52. The summed E-state index contributed by atoms with van der Waals surface area (Å²) in [5, 5.41) is 5.02. The Bertz CT molecular complexity index is 1450. The summed E-state index contributed by atoms with van der Waals surface area (Å²) in [5.74, 6) is -0.782. The first-order chi connectivity index (χ1) is 18.7. The highest BCUT2D eigenvalue weighted by Crippen LogP contribution is 2.32. The first kappa shape index (κ1) is 28.0. The number of anilines is 2. The summed E-state index contributed by atoms with van der Waals surface area (Å²) in [7, 11) is 0. The number of nitrogens with zero attached hydrogens (tertiary/aromatic N) is 1. The van der Waals surface area contributed by atoms with Crippen molar-refractivity contribution in [2.75, 3.05) is 30.0 Å². The molecule has 3 aromatic rings. The lowest BCUT2D eigenvalue weighted by atomic mass is 10.1. The van der Waals surface area contributed by atoms with E-state index in [1.54, 1.807) is 48.2 Å². The highest BCUT2D eigenvalue weighted by Gasteiger charge is 2.36. The van der Waals surface area contributed by atoms with Crippen molar-refractivity contribution in [2.45, 2.75) is 18.7 Å². The number of aryl methyl sites for hydroxylation is 2. The first-order valence-corrected chi connectivity index (χ1v) is 14.0. The standard InChI is InChI=1S/C29H27N3O5S2/c1-18-7-10-22(13-19(18)2)31-27(34)17-37-23-11-8-20(9-12-23)14-25-28(35)32(29(36)39-25)16-26(33)30-21-5-4-6-24(15-21)38-3/h4-15H,16-17H2,1-3H3,(H,30,33)(H,31,34)/b25-14-. The number of hydrogen-bond acceptors (Lipinski definition) is 7. The molecule has 3 aromatic carbocycles. The summed E-state index contributed by atoms with van der Waals surface area (Å²) in [6, 6.07) is 19.8. The number of ether oxygens (including phenoxy) is 1. The Balaban J connectivity index is 1.30. The van der Waals surface area contributed by atoms with Crippen LogP contribution in [0.15, 0.2) is 76.5 Å². The highest BCUT2D eigenvalue weighted by atomic mass is 32.2. The molecule has 1 aliphatic rings. The Labute approximate surface area is 235 Å². The number of carbonyl (C=O) groups excluding carboxylic acids is 4. The van der Waals surface area contributed by atoms with Crippen LogP contribution < -0.4 is 15.4 Å². The van der Waals surface area contributed by atoms with Crippen molar-refractivity contribution >= 4 is 63.9 Å². The Hall–Kier alpha value is -4.02.